The van der Waals surface area contributed by atoms with Crippen LogP contribution in [0, 0.1) is 0 Å². The van der Waals surface area contributed by atoms with Gasteiger partial charge in [0.05, 0.1) is 22.2 Å². The fraction of sp³-hybridized carbons (Fsp3) is 0.200. The normalized spacial score (nSPS) is 11.0. The molecular weight excluding hydrogens is 529 g/mol. The van der Waals surface area contributed by atoms with Gasteiger partial charge in [0.25, 0.3) is 10.0 Å². The summed E-state index contributed by atoms with van der Waals surface area (Å²) in [4.78, 5) is 24.3. The molecule has 0 fully saturated rings. The van der Waals surface area contributed by atoms with Crippen molar-refractivity contribution in [1.29, 1.82) is 0 Å². The van der Waals surface area contributed by atoms with Gasteiger partial charge < -0.3 is 14.2 Å². The first kappa shape index (κ1) is 27.3. The third kappa shape index (κ3) is 6.90. The summed E-state index contributed by atoms with van der Waals surface area (Å²) in [6.45, 7) is 1.36. The van der Waals surface area contributed by atoms with E-state index in [0.717, 1.165) is 4.31 Å². The lowest BCUT2D eigenvalue weighted by Gasteiger charge is -2.20. The molecule has 0 unspecified atom stereocenters. The van der Waals surface area contributed by atoms with Crippen LogP contribution in [0.25, 0.3) is 0 Å². The second-order valence-electron chi connectivity index (χ2n) is 7.37. The van der Waals surface area contributed by atoms with Crippen molar-refractivity contribution in [2.24, 2.45) is 0 Å². The summed E-state index contributed by atoms with van der Waals surface area (Å²) in [7, 11) is -2.36. The van der Waals surface area contributed by atoms with E-state index in [1.165, 1.54) is 55.6 Å². The zero-order valence-corrected chi connectivity index (χ0v) is 21.8. The van der Waals surface area contributed by atoms with Crippen LogP contribution in [0.1, 0.15) is 17.3 Å². The molecule has 0 saturated carbocycles. The highest BCUT2D eigenvalue weighted by Crippen LogP contribution is 2.26. The molecule has 190 valence electrons. The Kier molecular flexibility index (Phi) is 9.19. The first-order chi connectivity index (χ1) is 17.1. The summed E-state index contributed by atoms with van der Waals surface area (Å²) in [5.74, 6) is -0.374. The average Bonchev–Trinajstić information content (AvgIpc) is 2.87. The molecule has 3 rings (SSSR count). The van der Waals surface area contributed by atoms with Crippen molar-refractivity contribution in [3.05, 3.63) is 82.3 Å². The minimum Gasteiger partial charge on any atom is -0.494 e. The highest BCUT2D eigenvalue weighted by atomic mass is 35.5. The SMILES string of the molecule is CCOc1ccc(S(=O)(=O)N(C)c2ccc(OCC(=O)OCC(=O)c3cc(Cl)ccc3Cl)cc2)cc1. The summed E-state index contributed by atoms with van der Waals surface area (Å²) in [5.41, 5.74) is 0.542. The number of halogens is 2. The Hall–Kier alpha value is -3.27. The molecule has 0 aromatic heterocycles. The number of carbonyl (C=O) groups excluding carboxylic acids is 2. The number of sulfonamides is 1. The van der Waals surface area contributed by atoms with Crippen LogP contribution in [-0.2, 0) is 19.6 Å². The van der Waals surface area contributed by atoms with Crippen LogP contribution in [0.2, 0.25) is 10.0 Å². The fourth-order valence-electron chi connectivity index (χ4n) is 3.04. The molecule has 11 heteroatoms. The lowest BCUT2D eigenvalue weighted by Crippen LogP contribution is -2.26. The molecule has 0 aliphatic heterocycles. The number of ketones is 1. The van der Waals surface area contributed by atoms with Crippen LogP contribution in [0.3, 0.4) is 0 Å². The van der Waals surface area contributed by atoms with Gasteiger partial charge in [-0.3, -0.25) is 9.10 Å². The number of esters is 1. The van der Waals surface area contributed by atoms with Crippen molar-refractivity contribution in [1.82, 2.24) is 0 Å². The van der Waals surface area contributed by atoms with E-state index in [-0.39, 0.29) is 15.5 Å². The summed E-state index contributed by atoms with van der Waals surface area (Å²) in [6.07, 6.45) is 0. The summed E-state index contributed by atoms with van der Waals surface area (Å²) in [6, 6.07) is 16.7. The van der Waals surface area contributed by atoms with E-state index in [4.69, 9.17) is 37.4 Å². The van der Waals surface area contributed by atoms with E-state index in [1.807, 2.05) is 6.92 Å². The molecule has 36 heavy (non-hydrogen) atoms. The molecular formula is C25H23Cl2NO7S. The Balaban J connectivity index is 1.54. The lowest BCUT2D eigenvalue weighted by atomic mass is 10.1. The largest absolute Gasteiger partial charge is 0.494 e. The Morgan fingerprint density at radius 1 is 0.861 bits per heavy atom. The van der Waals surface area contributed by atoms with Crippen molar-refractivity contribution in [2.45, 2.75) is 11.8 Å². The van der Waals surface area contributed by atoms with Gasteiger partial charge in [0, 0.05) is 17.6 Å². The number of hydrogen-bond donors (Lipinski definition) is 0. The first-order valence-electron chi connectivity index (χ1n) is 10.7. The Bertz CT molecular complexity index is 1330. The van der Waals surface area contributed by atoms with Crippen LogP contribution < -0.4 is 13.8 Å². The van der Waals surface area contributed by atoms with Gasteiger partial charge in [0.2, 0.25) is 5.78 Å². The monoisotopic (exact) mass is 551 g/mol. The quantitative estimate of drug-likeness (QED) is 0.243. The van der Waals surface area contributed by atoms with E-state index in [9.17, 15) is 18.0 Å². The standard InChI is InChI=1S/C25H23Cl2NO7S/c1-3-33-19-9-11-21(12-10-19)36(31,32)28(2)18-5-7-20(8-6-18)34-16-25(30)35-15-24(29)22-14-17(26)4-13-23(22)27/h4-14H,3,15-16H2,1-2H3. The number of hydrogen-bond acceptors (Lipinski definition) is 7. The molecule has 0 amide bonds. The van der Waals surface area contributed by atoms with Gasteiger partial charge in [0.15, 0.2) is 13.2 Å². The zero-order valence-electron chi connectivity index (χ0n) is 19.4. The van der Waals surface area contributed by atoms with Crippen molar-refractivity contribution < 1.29 is 32.2 Å². The number of ether oxygens (including phenoxy) is 3. The molecule has 0 radical (unpaired) electrons. The van der Waals surface area contributed by atoms with Crippen molar-refractivity contribution in [3.63, 3.8) is 0 Å². The number of anilines is 1. The van der Waals surface area contributed by atoms with Crippen molar-refractivity contribution in [2.75, 3.05) is 31.2 Å². The van der Waals surface area contributed by atoms with Crippen LogP contribution in [-0.4, -0.2) is 47.0 Å². The average molecular weight is 552 g/mol. The third-order valence-corrected chi connectivity index (χ3v) is 7.31. The van der Waals surface area contributed by atoms with Gasteiger partial charge in [-0.15, -0.1) is 0 Å². The minimum atomic E-state index is -3.79. The molecule has 3 aromatic rings. The maximum atomic E-state index is 12.9. The van der Waals surface area contributed by atoms with E-state index in [0.29, 0.717) is 28.8 Å². The predicted octanol–water partition coefficient (Wildman–Crippen LogP) is 5.02. The zero-order chi connectivity index (χ0) is 26.3. The van der Waals surface area contributed by atoms with E-state index < -0.39 is 35.0 Å². The molecule has 0 atom stereocenters. The van der Waals surface area contributed by atoms with Gasteiger partial charge in [0.1, 0.15) is 11.5 Å². The Morgan fingerprint density at radius 2 is 1.47 bits per heavy atom. The molecule has 0 aliphatic carbocycles. The fourth-order valence-corrected chi connectivity index (χ4v) is 4.63. The van der Waals surface area contributed by atoms with Gasteiger partial charge in [-0.25, -0.2) is 13.2 Å². The van der Waals surface area contributed by atoms with Gasteiger partial charge in [-0.05, 0) is 73.7 Å². The molecule has 0 spiro atoms. The maximum absolute atomic E-state index is 12.9. The minimum absolute atomic E-state index is 0.116. The molecule has 0 aliphatic rings. The highest BCUT2D eigenvalue weighted by Gasteiger charge is 2.21. The predicted molar refractivity (Wildman–Crippen MR) is 137 cm³/mol. The molecule has 0 saturated heterocycles. The topological polar surface area (TPSA) is 99.2 Å². The Labute approximate surface area is 219 Å². The number of benzene rings is 3. The summed E-state index contributed by atoms with van der Waals surface area (Å²) < 4.78 is 42.6. The maximum Gasteiger partial charge on any atom is 0.344 e. The molecule has 3 aromatic carbocycles. The van der Waals surface area contributed by atoms with Crippen molar-refractivity contribution in [3.8, 4) is 11.5 Å². The van der Waals surface area contributed by atoms with Crippen molar-refractivity contribution >= 4 is 50.7 Å². The molecule has 8 nitrogen and oxygen atoms in total. The second-order valence-corrected chi connectivity index (χ2v) is 10.2. The number of Topliss-reactive ketones (excluding diaryl/α,β-unsaturated/α-hetero) is 1. The van der Waals surface area contributed by atoms with Gasteiger partial charge >= 0.3 is 5.97 Å². The summed E-state index contributed by atoms with van der Waals surface area (Å²) in [5, 5.41) is 0.532. The van der Waals surface area contributed by atoms with Crippen LogP contribution in [0.4, 0.5) is 5.69 Å². The highest BCUT2D eigenvalue weighted by molar-refractivity contribution is 7.92. The Morgan fingerprint density at radius 3 is 2.11 bits per heavy atom. The van der Waals surface area contributed by atoms with E-state index in [1.54, 1.807) is 18.2 Å². The smallest absolute Gasteiger partial charge is 0.344 e. The lowest BCUT2D eigenvalue weighted by molar-refractivity contribution is -0.144. The van der Waals surface area contributed by atoms with E-state index >= 15 is 0 Å². The van der Waals surface area contributed by atoms with E-state index in [2.05, 4.69) is 0 Å². The van der Waals surface area contributed by atoms with Gasteiger partial charge in [-0.1, -0.05) is 23.2 Å². The number of nitrogens with zero attached hydrogens (tertiary/aromatic N) is 1. The number of rotatable bonds is 11. The molecule has 0 N–H and O–H groups in total. The molecule has 0 heterocycles. The second kappa shape index (κ2) is 12.1. The van der Waals surface area contributed by atoms with Crippen LogP contribution in [0.5, 0.6) is 11.5 Å². The number of carbonyl (C=O) groups is 2. The van der Waals surface area contributed by atoms with Gasteiger partial charge in [-0.2, -0.15) is 0 Å². The summed E-state index contributed by atoms with van der Waals surface area (Å²) >= 11 is 11.8. The molecule has 0 bridgehead atoms. The van der Waals surface area contributed by atoms with Crippen LogP contribution >= 0.6 is 23.2 Å². The van der Waals surface area contributed by atoms with Crippen LogP contribution in [0.15, 0.2) is 71.6 Å². The third-order valence-electron chi connectivity index (χ3n) is 4.94. The first-order valence-corrected chi connectivity index (χ1v) is 12.9.